The summed E-state index contributed by atoms with van der Waals surface area (Å²) in [6.07, 6.45) is 1.53. The molecule has 6 nitrogen and oxygen atoms in total. The van der Waals surface area contributed by atoms with E-state index in [4.69, 9.17) is 8.83 Å². The Hall–Kier alpha value is -2.67. The lowest BCUT2D eigenvalue weighted by Crippen LogP contribution is -2.36. The molecule has 3 rings (SSSR count). The van der Waals surface area contributed by atoms with Gasteiger partial charge in [0.15, 0.2) is 11.3 Å². The summed E-state index contributed by atoms with van der Waals surface area (Å²) in [5.74, 6) is 0.512. The number of oxazole rings is 1. The van der Waals surface area contributed by atoms with Crippen molar-refractivity contribution in [3.05, 3.63) is 55.0 Å². The summed E-state index contributed by atoms with van der Waals surface area (Å²) in [6.45, 7) is 3.76. The smallest absolute Gasteiger partial charge is 0.257 e. The number of aromatic nitrogens is 1. The number of hydrazine groups is 1. The van der Waals surface area contributed by atoms with Crippen molar-refractivity contribution in [1.29, 1.82) is 0 Å². The summed E-state index contributed by atoms with van der Waals surface area (Å²) in [7, 11) is 0. The number of hydrogen-bond acceptors (Lipinski definition) is 6. The number of hydrogen-bond donors (Lipinski definition) is 2. The summed E-state index contributed by atoms with van der Waals surface area (Å²) < 4.78 is 10.7. The molecule has 0 bridgehead atoms. The number of furan rings is 1. The molecule has 2 aromatic heterocycles. The Kier molecular flexibility index (Phi) is 4.15. The van der Waals surface area contributed by atoms with Gasteiger partial charge >= 0.3 is 0 Å². The second-order valence-corrected chi connectivity index (χ2v) is 5.29. The van der Waals surface area contributed by atoms with Crippen LogP contribution in [0.1, 0.15) is 5.76 Å². The standard InChI is InChI=1S/C15H13N3O3S/c1-10(12-7-4-8-20-12)17-18-14(19)9-22-15-16-11-5-2-3-6-13(11)21-15/h2-8,17H,1,9H2,(H,18,19). The highest BCUT2D eigenvalue weighted by Gasteiger charge is 2.09. The third kappa shape index (κ3) is 3.32. The van der Waals surface area contributed by atoms with Crippen LogP contribution in [-0.2, 0) is 4.79 Å². The molecule has 0 unspecified atom stereocenters. The lowest BCUT2D eigenvalue weighted by molar-refractivity contribution is -0.119. The Bertz CT molecular complexity index is 762. The summed E-state index contributed by atoms with van der Waals surface area (Å²) in [4.78, 5) is 16.1. The first-order valence-corrected chi connectivity index (χ1v) is 7.47. The minimum absolute atomic E-state index is 0.172. The van der Waals surface area contributed by atoms with E-state index >= 15 is 0 Å². The molecule has 0 radical (unpaired) electrons. The van der Waals surface area contributed by atoms with E-state index < -0.39 is 0 Å². The fourth-order valence-corrected chi connectivity index (χ4v) is 2.37. The van der Waals surface area contributed by atoms with Crippen molar-refractivity contribution in [2.75, 3.05) is 5.75 Å². The van der Waals surface area contributed by atoms with Crippen molar-refractivity contribution < 1.29 is 13.6 Å². The SMILES string of the molecule is C=C(NNC(=O)CSc1nc2ccccc2o1)c1ccco1. The summed E-state index contributed by atoms with van der Waals surface area (Å²) in [5.41, 5.74) is 7.18. The number of para-hydroxylation sites is 2. The largest absolute Gasteiger partial charge is 0.463 e. The number of rotatable bonds is 6. The first-order valence-electron chi connectivity index (χ1n) is 6.48. The van der Waals surface area contributed by atoms with Gasteiger partial charge in [0.25, 0.3) is 5.22 Å². The molecule has 0 fully saturated rings. The number of amides is 1. The zero-order valence-corrected chi connectivity index (χ0v) is 12.4. The number of nitrogens with one attached hydrogen (secondary N) is 2. The van der Waals surface area contributed by atoms with Gasteiger partial charge in [-0.3, -0.25) is 15.6 Å². The molecule has 0 spiro atoms. The van der Waals surface area contributed by atoms with Crippen molar-refractivity contribution >= 4 is 34.5 Å². The Morgan fingerprint density at radius 3 is 2.86 bits per heavy atom. The van der Waals surface area contributed by atoms with Crippen LogP contribution in [-0.4, -0.2) is 16.6 Å². The van der Waals surface area contributed by atoms with Crippen LogP contribution in [0.3, 0.4) is 0 Å². The van der Waals surface area contributed by atoms with Gasteiger partial charge in [0, 0.05) is 0 Å². The maximum atomic E-state index is 11.8. The van der Waals surface area contributed by atoms with E-state index in [2.05, 4.69) is 22.4 Å². The van der Waals surface area contributed by atoms with Crippen LogP contribution in [0, 0.1) is 0 Å². The number of benzene rings is 1. The maximum absolute atomic E-state index is 11.8. The zero-order chi connectivity index (χ0) is 15.4. The predicted octanol–water partition coefficient (Wildman–Crippen LogP) is 2.80. The highest BCUT2D eigenvalue weighted by Crippen LogP contribution is 2.22. The van der Waals surface area contributed by atoms with Gasteiger partial charge in [0.1, 0.15) is 5.52 Å². The number of nitrogens with zero attached hydrogens (tertiary/aromatic N) is 1. The van der Waals surface area contributed by atoms with Crippen LogP contribution in [0.5, 0.6) is 0 Å². The Balaban J connectivity index is 1.49. The second-order valence-electron chi connectivity index (χ2n) is 4.37. The molecule has 2 N–H and O–H groups in total. The molecule has 0 aliphatic heterocycles. The monoisotopic (exact) mass is 315 g/mol. The van der Waals surface area contributed by atoms with Crippen molar-refractivity contribution in [3.63, 3.8) is 0 Å². The summed E-state index contributed by atoms with van der Waals surface area (Å²) >= 11 is 1.22. The molecule has 3 aromatic rings. The molecule has 0 aliphatic rings. The molecule has 22 heavy (non-hydrogen) atoms. The van der Waals surface area contributed by atoms with Crippen molar-refractivity contribution in [1.82, 2.24) is 15.8 Å². The topological polar surface area (TPSA) is 80.3 Å². The lowest BCUT2D eigenvalue weighted by atomic mass is 10.3. The number of fused-ring (bicyclic) bond motifs is 1. The molecule has 0 saturated heterocycles. The average molecular weight is 315 g/mol. The third-order valence-corrected chi connectivity index (χ3v) is 3.60. The number of carbonyl (C=O) groups excluding carboxylic acids is 1. The maximum Gasteiger partial charge on any atom is 0.257 e. The van der Waals surface area contributed by atoms with E-state index in [1.807, 2.05) is 24.3 Å². The van der Waals surface area contributed by atoms with Crippen LogP contribution in [0.25, 0.3) is 16.8 Å². The fraction of sp³-hybridized carbons (Fsp3) is 0.0667. The quantitative estimate of drug-likeness (QED) is 0.538. The van der Waals surface area contributed by atoms with Crippen LogP contribution in [0.15, 0.2) is 63.3 Å². The van der Waals surface area contributed by atoms with Crippen LogP contribution >= 0.6 is 11.8 Å². The molecule has 0 saturated carbocycles. The zero-order valence-electron chi connectivity index (χ0n) is 11.5. The van der Waals surface area contributed by atoms with E-state index in [1.54, 1.807) is 12.1 Å². The fourth-order valence-electron chi connectivity index (χ4n) is 1.73. The minimum Gasteiger partial charge on any atom is -0.463 e. The van der Waals surface area contributed by atoms with Crippen LogP contribution in [0.2, 0.25) is 0 Å². The molecule has 1 amide bonds. The predicted molar refractivity (Wildman–Crippen MR) is 83.8 cm³/mol. The third-order valence-electron chi connectivity index (χ3n) is 2.77. The highest BCUT2D eigenvalue weighted by atomic mass is 32.2. The van der Waals surface area contributed by atoms with Gasteiger partial charge in [0.05, 0.1) is 17.7 Å². The highest BCUT2D eigenvalue weighted by molar-refractivity contribution is 7.99. The van der Waals surface area contributed by atoms with Gasteiger partial charge < -0.3 is 8.83 Å². The van der Waals surface area contributed by atoms with E-state index in [9.17, 15) is 4.79 Å². The lowest BCUT2D eigenvalue weighted by Gasteiger charge is -2.08. The molecular formula is C15H13N3O3S. The van der Waals surface area contributed by atoms with E-state index in [0.717, 1.165) is 5.52 Å². The Labute approximate surface area is 130 Å². The Morgan fingerprint density at radius 2 is 2.09 bits per heavy atom. The first kappa shape index (κ1) is 14.3. The minimum atomic E-state index is -0.222. The van der Waals surface area contributed by atoms with Gasteiger partial charge in [0.2, 0.25) is 5.91 Å². The Morgan fingerprint density at radius 1 is 1.23 bits per heavy atom. The average Bonchev–Trinajstić information content (AvgIpc) is 3.19. The van der Waals surface area contributed by atoms with E-state index in [-0.39, 0.29) is 11.7 Å². The van der Waals surface area contributed by atoms with Gasteiger partial charge in [-0.1, -0.05) is 30.5 Å². The number of carbonyl (C=O) groups is 1. The van der Waals surface area contributed by atoms with Crippen LogP contribution < -0.4 is 10.9 Å². The first-order chi connectivity index (χ1) is 10.7. The van der Waals surface area contributed by atoms with Gasteiger partial charge in [-0.2, -0.15) is 0 Å². The normalized spacial score (nSPS) is 10.5. The van der Waals surface area contributed by atoms with Crippen molar-refractivity contribution in [2.24, 2.45) is 0 Å². The molecule has 0 atom stereocenters. The van der Waals surface area contributed by atoms with Crippen molar-refractivity contribution in [2.45, 2.75) is 5.22 Å². The molecule has 7 heteroatoms. The molecular weight excluding hydrogens is 302 g/mol. The molecule has 1 aromatic carbocycles. The van der Waals surface area contributed by atoms with Crippen LogP contribution in [0.4, 0.5) is 0 Å². The summed E-state index contributed by atoms with van der Waals surface area (Å²) in [6, 6.07) is 10.9. The van der Waals surface area contributed by atoms with E-state index in [1.165, 1.54) is 18.0 Å². The van der Waals surface area contributed by atoms with Gasteiger partial charge in [-0.15, -0.1) is 0 Å². The number of thioether (sulfide) groups is 1. The second kappa shape index (κ2) is 6.40. The van der Waals surface area contributed by atoms with Crippen molar-refractivity contribution in [3.8, 4) is 0 Å². The molecule has 0 aliphatic carbocycles. The van der Waals surface area contributed by atoms with Gasteiger partial charge in [-0.05, 0) is 24.3 Å². The molecule has 2 heterocycles. The molecule has 112 valence electrons. The van der Waals surface area contributed by atoms with E-state index in [0.29, 0.717) is 22.3 Å². The summed E-state index contributed by atoms with van der Waals surface area (Å²) in [5, 5.41) is 0.459. The van der Waals surface area contributed by atoms with Gasteiger partial charge in [-0.25, -0.2) is 4.98 Å².